The van der Waals surface area contributed by atoms with Crippen molar-refractivity contribution in [3.8, 4) is 5.75 Å². The van der Waals surface area contributed by atoms with Crippen molar-refractivity contribution in [1.29, 1.82) is 0 Å². The lowest BCUT2D eigenvalue weighted by Crippen LogP contribution is -2.33. The molecule has 2 N–H and O–H groups in total. The molecule has 1 fully saturated rings. The van der Waals surface area contributed by atoms with Crippen molar-refractivity contribution in [1.82, 2.24) is 9.80 Å². The van der Waals surface area contributed by atoms with Crippen molar-refractivity contribution in [3.05, 3.63) is 71.2 Å². The molecule has 2 aromatic carbocycles. The summed E-state index contributed by atoms with van der Waals surface area (Å²) < 4.78 is 82.2. The first-order chi connectivity index (χ1) is 16.8. The van der Waals surface area contributed by atoms with E-state index in [9.17, 15) is 35.6 Å². The van der Waals surface area contributed by atoms with Gasteiger partial charge >= 0.3 is 12.5 Å². The van der Waals surface area contributed by atoms with Crippen LogP contribution < -0.4 is 9.88 Å². The summed E-state index contributed by atoms with van der Waals surface area (Å²) in [5.41, 5.74) is 0.951. The number of alkyl halides is 3. The lowest BCUT2D eigenvalue weighted by Gasteiger charge is -2.20. The number of likely N-dealkylation sites (tertiary alicyclic amines) is 1. The van der Waals surface area contributed by atoms with E-state index in [2.05, 4.69) is 4.74 Å². The van der Waals surface area contributed by atoms with Crippen molar-refractivity contribution < 1.29 is 45.0 Å². The third kappa shape index (κ3) is 5.76. The molecule has 192 valence electrons. The predicted molar refractivity (Wildman–Crippen MR) is 115 cm³/mol. The maximum atomic E-state index is 14.0. The fourth-order valence-electron chi connectivity index (χ4n) is 3.92. The Morgan fingerprint density at radius 3 is 2.36 bits per heavy atom. The van der Waals surface area contributed by atoms with Gasteiger partial charge < -0.3 is 19.3 Å². The van der Waals surface area contributed by atoms with Crippen LogP contribution in [0.2, 0.25) is 0 Å². The average molecular weight is 529 g/mol. The normalized spacial score (nSPS) is 17.6. The molecule has 0 aromatic heterocycles. The topological polar surface area (TPSA) is 119 Å². The van der Waals surface area contributed by atoms with Crippen LogP contribution in [0.3, 0.4) is 0 Å². The molecule has 0 aliphatic carbocycles. The molecule has 2 aliphatic heterocycles. The highest BCUT2D eigenvalue weighted by Crippen LogP contribution is 2.31. The van der Waals surface area contributed by atoms with Crippen LogP contribution in [0.15, 0.2) is 59.1 Å². The van der Waals surface area contributed by atoms with Crippen LogP contribution in [0.1, 0.15) is 15.9 Å². The molecule has 1 saturated heterocycles. The minimum absolute atomic E-state index is 0.115. The second-order valence-corrected chi connectivity index (χ2v) is 9.73. The molecule has 2 aromatic rings. The standard InChI is InChI=1S/C22H19F4N3O6S/c23-19-7-17(35-22(24,25)26)4-1-14(19)12-34-21(31)29-10-15-8-28(9-16(15)11-29)20(30)13-2-5-18(6-3-13)36(27,32)33/h1-8,16H,9-12H2,(H2,27,32,33)/t16-/m1/s1. The number of carbonyl (C=O) groups excluding carboxylic acids is 2. The van der Waals surface area contributed by atoms with E-state index in [1.807, 2.05) is 0 Å². The largest absolute Gasteiger partial charge is 0.573 e. The minimum atomic E-state index is -4.96. The third-order valence-corrected chi connectivity index (χ3v) is 6.56. The average Bonchev–Trinajstić information content (AvgIpc) is 3.36. The highest BCUT2D eigenvalue weighted by molar-refractivity contribution is 7.89. The van der Waals surface area contributed by atoms with Gasteiger partial charge in [-0.3, -0.25) is 4.79 Å². The van der Waals surface area contributed by atoms with Gasteiger partial charge in [0.2, 0.25) is 10.0 Å². The number of nitrogens with two attached hydrogens (primary N) is 1. The fraction of sp³-hybridized carbons (Fsp3) is 0.273. The highest BCUT2D eigenvalue weighted by atomic mass is 32.2. The highest BCUT2D eigenvalue weighted by Gasteiger charge is 2.38. The lowest BCUT2D eigenvalue weighted by atomic mass is 10.1. The smallest absolute Gasteiger partial charge is 0.444 e. The molecule has 36 heavy (non-hydrogen) atoms. The van der Waals surface area contributed by atoms with Gasteiger partial charge in [-0.25, -0.2) is 22.7 Å². The first-order valence-corrected chi connectivity index (χ1v) is 11.9. The van der Waals surface area contributed by atoms with Crippen LogP contribution in [0, 0.1) is 11.7 Å². The number of benzene rings is 2. The van der Waals surface area contributed by atoms with Gasteiger partial charge in [0.1, 0.15) is 18.2 Å². The Kier molecular flexibility index (Phi) is 6.66. The van der Waals surface area contributed by atoms with Crippen LogP contribution in [-0.4, -0.2) is 56.2 Å². The van der Waals surface area contributed by atoms with Crippen LogP contribution in [0.5, 0.6) is 5.75 Å². The number of ether oxygens (including phenoxy) is 2. The number of hydrogen-bond acceptors (Lipinski definition) is 6. The molecule has 14 heteroatoms. The van der Waals surface area contributed by atoms with E-state index in [0.29, 0.717) is 12.6 Å². The molecule has 0 spiro atoms. The van der Waals surface area contributed by atoms with Gasteiger partial charge in [0.15, 0.2) is 0 Å². The first kappa shape index (κ1) is 25.4. The van der Waals surface area contributed by atoms with E-state index < -0.39 is 40.7 Å². The molecule has 9 nitrogen and oxygen atoms in total. The number of halogens is 4. The fourth-order valence-corrected chi connectivity index (χ4v) is 4.43. The molecule has 0 saturated carbocycles. The Bertz CT molecular complexity index is 1330. The number of nitrogens with zero attached hydrogens (tertiary/aromatic N) is 2. The van der Waals surface area contributed by atoms with Gasteiger partial charge in [-0.2, -0.15) is 0 Å². The summed E-state index contributed by atoms with van der Waals surface area (Å²) in [5.74, 6) is -2.23. The van der Waals surface area contributed by atoms with Crippen molar-refractivity contribution in [2.75, 3.05) is 19.6 Å². The van der Waals surface area contributed by atoms with Gasteiger partial charge in [-0.15, -0.1) is 13.2 Å². The summed E-state index contributed by atoms with van der Waals surface area (Å²) in [5, 5.41) is 5.06. The number of carbonyl (C=O) groups is 2. The second-order valence-electron chi connectivity index (χ2n) is 8.16. The van der Waals surface area contributed by atoms with E-state index >= 15 is 0 Å². The van der Waals surface area contributed by atoms with Gasteiger partial charge in [0.05, 0.1) is 4.90 Å². The summed E-state index contributed by atoms with van der Waals surface area (Å²) in [7, 11) is -3.88. The van der Waals surface area contributed by atoms with Crippen molar-refractivity contribution in [3.63, 3.8) is 0 Å². The maximum absolute atomic E-state index is 14.0. The molecule has 1 atom stereocenters. The monoisotopic (exact) mass is 529 g/mol. The first-order valence-electron chi connectivity index (χ1n) is 10.4. The van der Waals surface area contributed by atoms with Crippen LogP contribution >= 0.6 is 0 Å². The molecule has 4 rings (SSSR count). The van der Waals surface area contributed by atoms with Crippen molar-refractivity contribution in [2.24, 2.45) is 11.1 Å². The summed E-state index contributed by atoms with van der Waals surface area (Å²) in [6.45, 7) is 0.235. The Morgan fingerprint density at radius 2 is 1.78 bits per heavy atom. The Morgan fingerprint density at radius 1 is 1.08 bits per heavy atom. The number of fused-ring (bicyclic) bond motifs is 1. The third-order valence-electron chi connectivity index (χ3n) is 5.64. The summed E-state index contributed by atoms with van der Waals surface area (Å²) in [6.07, 6.45) is -4.08. The van der Waals surface area contributed by atoms with E-state index in [1.54, 1.807) is 6.20 Å². The summed E-state index contributed by atoms with van der Waals surface area (Å²) in [6, 6.07) is 7.70. The number of amides is 2. The van der Waals surface area contributed by atoms with Crippen molar-refractivity contribution in [2.45, 2.75) is 17.9 Å². The summed E-state index contributed by atoms with van der Waals surface area (Å²) in [4.78, 5) is 27.9. The van der Waals surface area contributed by atoms with E-state index in [0.717, 1.165) is 17.7 Å². The minimum Gasteiger partial charge on any atom is -0.444 e. The predicted octanol–water partition coefficient (Wildman–Crippen LogP) is 2.98. The molecule has 2 aliphatic rings. The number of primary sulfonamides is 1. The Balaban J connectivity index is 1.32. The quantitative estimate of drug-likeness (QED) is 0.595. The molecule has 0 radical (unpaired) electrons. The van der Waals surface area contributed by atoms with Gasteiger partial charge in [0.25, 0.3) is 5.91 Å². The zero-order valence-corrected chi connectivity index (χ0v) is 19.2. The Hall–Kier alpha value is -3.65. The SMILES string of the molecule is NS(=O)(=O)c1ccc(C(=O)N2C=C3CN(C(=O)OCc4ccc(OC(F)(F)F)cc4F)C[C@H]3C2)cc1. The van der Waals surface area contributed by atoms with Crippen molar-refractivity contribution >= 4 is 22.0 Å². The number of rotatable bonds is 5. The number of sulfonamides is 1. The van der Waals surface area contributed by atoms with Crippen LogP contribution in [0.4, 0.5) is 22.4 Å². The maximum Gasteiger partial charge on any atom is 0.573 e. The van der Waals surface area contributed by atoms with E-state index in [-0.39, 0.29) is 40.9 Å². The number of hydrogen-bond donors (Lipinski definition) is 1. The van der Waals surface area contributed by atoms with Crippen LogP contribution in [-0.2, 0) is 21.4 Å². The van der Waals surface area contributed by atoms with E-state index in [1.165, 1.54) is 34.1 Å². The van der Waals surface area contributed by atoms with Gasteiger partial charge in [0, 0.05) is 48.9 Å². The summed E-state index contributed by atoms with van der Waals surface area (Å²) >= 11 is 0. The Labute approximate surface area is 202 Å². The second kappa shape index (κ2) is 9.43. The van der Waals surface area contributed by atoms with Gasteiger partial charge in [-0.05, 0) is 42.0 Å². The zero-order chi connectivity index (χ0) is 26.3. The molecular formula is C22H19F4N3O6S. The van der Waals surface area contributed by atoms with E-state index in [4.69, 9.17) is 9.88 Å². The molecule has 0 unspecified atom stereocenters. The lowest BCUT2D eigenvalue weighted by molar-refractivity contribution is -0.274. The van der Waals surface area contributed by atoms with Crippen LogP contribution in [0.25, 0.3) is 0 Å². The zero-order valence-electron chi connectivity index (χ0n) is 18.4. The molecular weight excluding hydrogens is 510 g/mol. The molecule has 2 heterocycles. The molecule has 0 bridgehead atoms. The van der Waals surface area contributed by atoms with Gasteiger partial charge in [-0.1, -0.05) is 0 Å². The molecule has 2 amide bonds.